The van der Waals surface area contributed by atoms with Gasteiger partial charge in [0.2, 0.25) is 0 Å². The summed E-state index contributed by atoms with van der Waals surface area (Å²) in [4.78, 5) is 12.5. The Labute approximate surface area is 99.8 Å². The first-order valence-corrected chi connectivity index (χ1v) is 5.79. The molecule has 0 aromatic heterocycles. The van der Waals surface area contributed by atoms with Crippen molar-refractivity contribution in [2.45, 2.75) is 25.4 Å². The summed E-state index contributed by atoms with van der Waals surface area (Å²) < 4.78 is 0. The Morgan fingerprint density at radius 2 is 2.35 bits per heavy atom. The van der Waals surface area contributed by atoms with Gasteiger partial charge in [-0.05, 0) is 24.9 Å². The fraction of sp³-hybridized carbons (Fsp3) is 0.500. The molecule has 1 aliphatic rings. The molecule has 0 unspecified atom stereocenters. The number of nitro groups is 1. The highest BCUT2D eigenvalue weighted by atomic mass is 16.6. The smallest absolute Gasteiger partial charge is 0.269 e. The Morgan fingerprint density at radius 3 is 3.06 bits per heavy atom. The van der Waals surface area contributed by atoms with E-state index in [-0.39, 0.29) is 23.3 Å². The van der Waals surface area contributed by atoms with Crippen LogP contribution in [0.4, 0.5) is 5.69 Å². The van der Waals surface area contributed by atoms with Crippen molar-refractivity contribution in [1.82, 2.24) is 4.90 Å². The maximum Gasteiger partial charge on any atom is 0.269 e. The molecule has 5 heteroatoms. The predicted molar refractivity (Wildman–Crippen MR) is 63.6 cm³/mol. The van der Waals surface area contributed by atoms with Gasteiger partial charge in [-0.15, -0.1) is 0 Å². The summed E-state index contributed by atoms with van der Waals surface area (Å²) in [6, 6.07) is 6.90. The molecule has 1 aromatic carbocycles. The number of rotatable bonds is 4. The molecule has 92 valence electrons. The Morgan fingerprint density at radius 1 is 1.53 bits per heavy atom. The summed E-state index contributed by atoms with van der Waals surface area (Å²) in [6.45, 7) is 1.79. The van der Waals surface area contributed by atoms with Crippen LogP contribution in [0.15, 0.2) is 24.3 Å². The minimum atomic E-state index is -0.378. The summed E-state index contributed by atoms with van der Waals surface area (Å²) in [6.07, 6.45) is 2.09. The summed E-state index contributed by atoms with van der Waals surface area (Å²) in [5.41, 5.74) is 1.06. The molecule has 1 fully saturated rings. The van der Waals surface area contributed by atoms with Crippen molar-refractivity contribution >= 4 is 5.69 Å². The van der Waals surface area contributed by atoms with E-state index in [1.807, 2.05) is 6.07 Å². The van der Waals surface area contributed by atoms with Gasteiger partial charge in [0.05, 0.1) is 11.5 Å². The number of aliphatic hydroxyl groups excluding tert-OH is 1. The molecule has 1 N–H and O–H groups in total. The Kier molecular flexibility index (Phi) is 3.71. The molecule has 1 aromatic rings. The van der Waals surface area contributed by atoms with Crippen molar-refractivity contribution < 1.29 is 10.0 Å². The standard InChI is InChI=1S/C12H16N2O3/c15-9-12-5-2-6-13(12)8-10-3-1-4-11(7-10)14(16)17/h1,3-4,7,12,15H,2,5-6,8-9H2/t12-/m0/s1. The van der Waals surface area contributed by atoms with Crippen LogP contribution in [0.25, 0.3) is 0 Å². The Balaban J connectivity index is 2.07. The summed E-state index contributed by atoms with van der Waals surface area (Å²) >= 11 is 0. The van der Waals surface area contributed by atoms with Gasteiger partial charge in [0.25, 0.3) is 5.69 Å². The minimum Gasteiger partial charge on any atom is -0.395 e. The summed E-state index contributed by atoms with van der Waals surface area (Å²) in [5.74, 6) is 0. The van der Waals surface area contributed by atoms with Gasteiger partial charge in [0, 0.05) is 24.7 Å². The molecule has 1 atom stereocenters. The molecule has 17 heavy (non-hydrogen) atoms. The van der Waals surface area contributed by atoms with E-state index < -0.39 is 0 Å². The Bertz CT molecular complexity index is 408. The molecule has 0 spiro atoms. The van der Waals surface area contributed by atoms with Crippen molar-refractivity contribution in [3.8, 4) is 0 Å². The predicted octanol–water partition coefficient (Wildman–Crippen LogP) is 1.55. The number of hydrogen-bond donors (Lipinski definition) is 1. The van der Waals surface area contributed by atoms with Crippen molar-refractivity contribution in [3.63, 3.8) is 0 Å². The lowest BCUT2D eigenvalue weighted by Crippen LogP contribution is -2.31. The van der Waals surface area contributed by atoms with Gasteiger partial charge in [-0.3, -0.25) is 15.0 Å². The van der Waals surface area contributed by atoms with Crippen molar-refractivity contribution in [2.24, 2.45) is 0 Å². The first-order valence-electron chi connectivity index (χ1n) is 5.79. The third-order valence-electron chi connectivity index (χ3n) is 3.22. The van der Waals surface area contributed by atoms with Crippen LogP contribution in [0.5, 0.6) is 0 Å². The second kappa shape index (κ2) is 5.25. The van der Waals surface area contributed by atoms with E-state index in [0.29, 0.717) is 6.54 Å². The van der Waals surface area contributed by atoms with Gasteiger partial charge in [-0.1, -0.05) is 12.1 Å². The third-order valence-corrected chi connectivity index (χ3v) is 3.22. The zero-order valence-corrected chi connectivity index (χ0v) is 9.58. The van der Waals surface area contributed by atoms with Crippen molar-refractivity contribution in [1.29, 1.82) is 0 Å². The average molecular weight is 236 g/mol. The van der Waals surface area contributed by atoms with Crippen LogP contribution < -0.4 is 0 Å². The van der Waals surface area contributed by atoms with E-state index in [4.69, 9.17) is 0 Å². The number of benzene rings is 1. The van der Waals surface area contributed by atoms with E-state index >= 15 is 0 Å². The first kappa shape index (κ1) is 12.0. The first-order chi connectivity index (χ1) is 8.20. The topological polar surface area (TPSA) is 66.6 Å². The van der Waals surface area contributed by atoms with Gasteiger partial charge < -0.3 is 5.11 Å². The number of nitro benzene ring substituents is 1. The molecular weight excluding hydrogens is 220 g/mol. The van der Waals surface area contributed by atoms with Crippen LogP contribution in [0.1, 0.15) is 18.4 Å². The molecular formula is C12H16N2O3. The SMILES string of the molecule is O=[N+]([O-])c1cccc(CN2CCC[C@H]2CO)c1. The van der Waals surface area contributed by atoms with Gasteiger partial charge in [-0.25, -0.2) is 0 Å². The third kappa shape index (κ3) is 2.81. The molecule has 0 saturated carbocycles. The van der Waals surface area contributed by atoms with Gasteiger partial charge in [0.1, 0.15) is 0 Å². The lowest BCUT2D eigenvalue weighted by atomic mass is 10.1. The molecule has 5 nitrogen and oxygen atoms in total. The van der Waals surface area contributed by atoms with E-state index in [2.05, 4.69) is 4.90 Å². The number of likely N-dealkylation sites (tertiary alicyclic amines) is 1. The molecule has 0 aliphatic carbocycles. The van der Waals surface area contributed by atoms with Crippen LogP contribution in [-0.4, -0.2) is 34.1 Å². The fourth-order valence-electron chi connectivity index (χ4n) is 2.31. The second-order valence-electron chi connectivity index (χ2n) is 4.38. The number of aliphatic hydroxyl groups is 1. The molecule has 2 rings (SSSR count). The van der Waals surface area contributed by atoms with Crippen LogP contribution in [0.3, 0.4) is 0 Å². The highest BCUT2D eigenvalue weighted by Gasteiger charge is 2.23. The van der Waals surface area contributed by atoms with Crippen LogP contribution in [0.2, 0.25) is 0 Å². The Hall–Kier alpha value is -1.46. The van der Waals surface area contributed by atoms with Gasteiger partial charge in [-0.2, -0.15) is 0 Å². The maximum absolute atomic E-state index is 10.7. The minimum absolute atomic E-state index is 0.127. The maximum atomic E-state index is 10.7. The van der Waals surface area contributed by atoms with Crippen LogP contribution >= 0.6 is 0 Å². The second-order valence-corrected chi connectivity index (χ2v) is 4.38. The van der Waals surface area contributed by atoms with Gasteiger partial charge >= 0.3 is 0 Å². The highest BCUT2D eigenvalue weighted by Crippen LogP contribution is 2.21. The molecule has 0 radical (unpaired) electrons. The van der Waals surface area contributed by atoms with E-state index in [0.717, 1.165) is 24.9 Å². The fourth-order valence-corrected chi connectivity index (χ4v) is 2.31. The number of non-ortho nitro benzene ring substituents is 1. The summed E-state index contributed by atoms with van der Waals surface area (Å²) in [7, 11) is 0. The number of hydrogen-bond acceptors (Lipinski definition) is 4. The largest absolute Gasteiger partial charge is 0.395 e. The number of nitrogens with zero attached hydrogens (tertiary/aromatic N) is 2. The van der Waals surface area contributed by atoms with Crippen molar-refractivity contribution in [3.05, 3.63) is 39.9 Å². The normalized spacial score (nSPS) is 20.6. The molecule has 1 heterocycles. The van der Waals surface area contributed by atoms with E-state index in [1.165, 1.54) is 6.07 Å². The molecule has 0 amide bonds. The van der Waals surface area contributed by atoms with E-state index in [1.54, 1.807) is 12.1 Å². The van der Waals surface area contributed by atoms with Crippen LogP contribution in [0, 0.1) is 10.1 Å². The highest BCUT2D eigenvalue weighted by molar-refractivity contribution is 5.34. The van der Waals surface area contributed by atoms with E-state index in [9.17, 15) is 15.2 Å². The summed E-state index contributed by atoms with van der Waals surface area (Å²) in [5, 5.41) is 19.9. The van der Waals surface area contributed by atoms with Crippen molar-refractivity contribution in [2.75, 3.05) is 13.2 Å². The monoisotopic (exact) mass is 236 g/mol. The zero-order valence-electron chi connectivity index (χ0n) is 9.58. The van der Waals surface area contributed by atoms with Crippen LogP contribution in [-0.2, 0) is 6.54 Å². The lowest BCUT2D eigenvalue weighted by molar-refractivity contribution is -0.384. The quantitative estimate of drug-likeness (QED) is 0.636. The molecule has 1 saturated heterocycles. The average Bonchev–Trinajstić information content (AvgIpc) is 2.76. The molecule has 0 bridgehead atoms. The lowest BCUT2D eigenvalue weighted by Gasteiger charge is -2.22. The van der Waals surface area contributed by atoms with Gasteiger partial charge in [0.15, 0.2) is 0 Å². The molecule has 1 aliphatic heterocycles. The zero-order chi connectivity index (χ0) is 12.3.